The summed E-state index contributed by atoms with van der Waals surface area (Å²) in [5.74, 6) is -0.255. The first-order chi connectivity index (χ1) is 15.0. The van der Waals surface area contributed by atoms with Crippen LogP contribution in [0.25, 0.3) is 0 Å². The zero-order chi connectivity index (χ0) is 21.8. The number of carbonyl (C=O) groups excluding carboxylic acids is 2. The van der Waals surface area contributed by atoms with Crippen molar-refractivity contribution in [3.05, 3.63) is 70.7 Å². The SMILES string of the molecule is CN1[C@@H]2CC[C@H]1CC(NC(=O)[C@H](Cc1ccc(Cl)cc1)NC(=O)Cc1ccccc1)C2. The molecule has 2 heterocycles. The molecule has 5 nitrogen and oxygen atoms in total. The molecule has 0 spiro atoms. The molecule has 2 aromatic carbocycles. The van der Waals surface area contributed by atoms with Crippen molar-refractivity contribution in [2.24, 2.45) is 0 Å². The molecule has 4 atom stereocenters. The van der Waals surface area contributed by atoms with Gasteiger partial charge in [0.15, 0.2) is 0 Å². The minimum Gasteiger partial charge on any atom is -0.351 e. The van der Waals surface area contributed by atoms with E-state index >= 15 is 0 Å². The molecule has 2 aliphatic rings. The van der Waals surface area contributed by atoms with E-state index in [0.717, 1.165) is 24.0 Å². The number of nitrogens with zero attached hydrogens (tertiary/aromatic N) is 1. The number of hydrogen-bond acceptors (Lipinski definition) is 3. The summed E-state index contributed by atoms with van der Waals surface area (Å²) in [5, 5.41) is 6.86. The predicted octanol–water partition coefficient (Wildman–Crippen LogP) is 3.35. The molecule has 4 rings (SSSR count). The Balaban J connectivity index is 1.42. The van der Waals surface area contributed by atoms with Crippen molar-refractivity contribution in [3.8, 4) is 0 Å². The van der Waals surface area contributed by atoms with Crippen LogP contribution in [-0.2, 0) is 22.4 Å². The van der Waals surface area contributed by atoms with E-state index in [0.29, 0.717) is 23.5 Å². The number of carbonyl (C=O) groups is 2. The molecule has 0 radical (unpaired) electrons. The van der Waals surface area contributed by atoms with Gasteiger partial charge in [-0.05, 0) is 56.0 Å². The van der Waals surface area contributed by atoms with Gasteiger partial charge in [-0.2, -0.15) is 0 Å². The van der Waals surface area contributed by atoms with Crippen molar-refractivity contribution in [2.75, 3.05) is 7.05 Å². The van der Waals surface area contributed by atoms with Crippen molar-refractivity contribution < 1.29 is 9.59 Å². The van der Waals surface area contributed by atoms with Crippen molar-refractivity contribution in [2.45, 2.75) is 62.7 Å². The number of halogens is 1. The van der Waals surface area contributed by atoms with Gasteiger partial charge >= 0.3 is 0 Å². The number of amides is 2. The monoisotopic (exact) mass is 439 g/mol. The molecule has 31 heavy (non-hydrogen) atoms. The highest BCUT2D eigenvalue weighted by Gasteiger charge is 2.39. The van der Waals surface area contributed by atoms with Crippen LogP contribution in [0.5, 0.6) is 0 Å². The normalized spacial score (nSPS) is 23.9. The zero-order valence-electron chi connectivity index (χ0n) is 17.9. The van der Waals surface area contributed by atoms with E-state index < -0.39 is 6.04 Å². The van der Waals surface area contributed by atoms with E-state index in [1.165, 1.54) is 12.8 Å². The highest BCUT2D eigenvalue weighted by molar-refractivity contribution is 6.30. The molecule has 2 fully saturated rings. The molecule has 2 bridgehead atoms. The second-order valence-electron chi connectivity index (χ2n) is 8.84. The fraction of sp³-hybridized carbons (Fsp3) is 0.440. The second-order valence-corrected chi connectivity index (χ2v) is 9.28. The van der Waals surface area contributed by atoms with Crippen LogP contribution in [0, 0.1) is 0 Å². The number of fused-ring (bicyclic) bond motifs is 2. The van der Waals surface area contributed by atoms with Crippen LogP contribution in [0.3, 0.4) is 0 Å². The van der Waals surface area contributed by atoms with Crippen molar-refractivity contribution >= 4 is 23.4 Å². The number of hydrogen-bond donors (Lipinski definition) is 2. The third-order valence-corrected chi connectivity index (χ3v) is 6.91. The molecule has 2 aromatic rings. The van der Waals surface area contributed by atoms with Gasteiger partial charge in [-0.1, -0.05) is 54.1 Å². The molecule has 2 amide bonds. The molecule has 2 saturated heterocycles. The Morgan fingerprint density at radius 3 is 2.29 bits per heavy atom. The average Bonchev–Trinajstić information content (AvgIpc) is 2.96. The fourth-order valence-corrected chi connectivity index (χ4v) is 5.05. The lowest BCUT2D eigenvalue weighted by atomic mass is 9.97. The highest BCUT2D eigenvalue weighted by Crippen LogP contribution is 2.34. The number of benzene rings is 2. The van der Waals surface area contributed by atoms with Gasteiger partial charge in [-0.15, -0.1) is 0 Å². The van der Waals surface area contributed by atoms with Crippen LogP contribution >= 0.6 is 11.6 Å². The van der Waals surface area contributed by atoms with Gasteiger partial charge in [0.25, 0.3) is 0 Å². The Kier molecular flexibility index (Phi) is 6.93. The van der Waals surface area contributed by atoms with Crippen molar-refractivity contribution in [1.82, 2.24) is 15.5 Å². The van der Waals surface area contributed by atoms with Crippen LogP contribution < -0.4 is 10.6 Å². The predicted molar refractivity (Wildman–Crippen MR) is 123 cm³/mol. The summed E-state index contributed by atoms with van der Waals surface area (Å²) in [6.07, 6.45) is 5.05. The lowest BCUT2D eigenvalue weighted by molar-refractivity contribution is -0.129. The molecule has 0 saturated carbocycles. The summed E-state index contributed by atoms with van der Waals surface area (Å²) >= 11 is 6.01. The van der Waals surface area contributed by atoms with Crippen LogP contribution in [0.2, 0.25) is 5.02 Å². The second kappa shape index (κ2) is 9.84. The number of rotatable bonds is 7. The highest BCUT2D eigenvalue weighted by atomic mass is 35.5. The van der Waals surface area contributed by atoms with Crippen LogP contribution in [0.1, 0.15) is 36.8 Å². The molecule has 0 aromatic heterocycles. The van der Waals surface area contributed by atoms with E-state index in [4.69, 9.17) is 11.6 Å². The van der Waals surface area contributed by atoms with Crippen molar-refractivity contribution in [1.29, 1.82) is 0 Å². The zero-order valence-corrected chi connectivity index (χ0v) is 18.6. The average molecular weight is 440 g/mol. The minimum absolute atomic E-state index is 0.106. The number of nitrogens with one attached hydrogen (secondary N) is 2. The Labute approximate surface area is 189 Å². The summed E-state index contributed by atoms with van der Waals surface area (Å²) in [4.78, 5) is 28.4. The molecule has 2 N–H and O–H groups in total. The fourth-order valence-electron chi connectivity index (χ4n) is 4.92. The number of piperidine rings is 1. The van der Waals surface area contributed by atoms with Crippen LogP contribution in [0.15, 0.2) is 54.6 Å². The van der Waals surface area contributed by atoms with E-state index in [1.54, 1.807) is 0 Å². The van der Waals surface area contributed by atoms with Gasteiger partial charge in [0.05, 0.1) is 6.42 Å². The third kappa shape index (κ3) is 5.66. The summed E-state index contributed by atoms with van der Waals surface area (Å²) in [6.45, 7) is 0. The molecule has 1 unspecified atom stereocenters. The molecule has 164 valence electrons. The Morgan fingerprint density at radius 1 is 1.00 bits per heavy atom. The topological polar surface area (TPSA) is 61.4 Å². The summed E-state index contributed by atoms with van der Waals surface area (Å²) < 4.78 is 0. The maximum atomic E-state index is 13.2. The summed E-state index contributed by atoms with van der Waals surface area (Å²) in [6, 6.07) is 17.7. The van der Waals surface area contributed by atoms with Gasteiger partial charge in [0.1, 0.15) is 6.04 Å². The third-order valence-electron chi connectivity index (χ3n) is 6.66. The molecule has 2 aliphatic heterocycles. The largest absolute Gasteiger partial charge is 0.351 e. The quantitative estimate of drug-likeness (QED) is 0.695. The van der Waals surface area contributed by atoms with E-state index in [2.05, 4.69) is 22.6 Å². The van der Waals surface area contributed by atoms with Gasteiger partial charge in [-0.25, -0.2) is 0 Å². The Morgan fingerprint density at radius 2 is 1.65 bits per heavy atom. The standard InChI is InChI=1S/C25H30ClN3O2/c1-29-21-11-12-22(29)16-20(15-21)27-25(31)23(13-18-7-9-19(26)10-8-18)28-24(30)14-17-5-3-2-4-6-17/h2-10,20-23H,11-16H2,1H3,(H,27,31)(H,28,30)/t20?,21-,22+,23-/m0/s1. The van der Waals surface area contributed by atoms with Gasteiger partial charge in [-0.3, -0.25) is 9.59 Å². The van der Waals surface area contributed by atoms with E-state index in [1.807, 2.05) is 54.6 Å². The Hall–Kier alpha value is -2.37. The van der Waals surface area contributed by atoms with E-state index in [9.17, 15) is 9.59 Å². The first-order valence-corrected chi connectivity index (χ1v) is 11.5. The minimum atomic E-state index is -0.616. The molecular weight excluding hydrogens is 410 g/mol. The van der Waals surface area contributed by atoms with Crippen LogP contribution in [-0.4, -0.2) is 47.9 Å². The van der Waals surface area contributed by atoms with Gasteiger partial charge in [0, 0.05) is 29.6 Å². The van der Waals surface area contributed by atoms with Crippen molar-refractivity contribution in [3.63, 3.8) is 0 Å². The summed E-state index contributed by atoms with van der Waals surface area (Å²) in [7, 11) is 2.19. The first-order valence-electron chi connectivity index (χ1n) is 11.1. The van der Waals surface area contributed by atoms with Gasteiger partial charge in [0.2, 0.25) is 11.8 Å². The molecule has 0 aliphatic carbocycles. The van der Waals surface area contributed by atoms with Crippen LogP contribution in [0.4, 0.5) is 0 Å². The molecular formula is C25H30ClN3O2. The lowest BCUT2D eigenvalue weighted by Crippen LogP contribution is -2.54. The summed E-state index contributed by atoms with van der Waals surface area (Å²) in [5.41, 5.74) is 1.89. The van der Waals surface area contributed by atoms with E-state index in [-0.39, 0.29) is 24.3 Å². The smallest absolute Gasteiger partial charge is 0.243 e. The lowest BCUT2D eigenvalue weighted by Gasteiger charge is -2.37. The Bertz CT molecular complexity index is 889. The molecule has 6 heteroatoms. The first kappa shape index (κ1) is 21.8. The maximum Gasteiger partial charge on any atom is 0.243 e. The van der Waals surface area contributed by atoms with Gasteiger partial charge < -0.3 is 15.5 Å². The maximum absolute atomic E-state index is 13.2.